The van der Waals surface area contributed by atoms with Crippen molar-refractivity contribution in [3.05, 3.63) is 46.2 Å². The maximum atomic E-state index is 12.5. The van der Waals surface area contributed by atoms with Crippen LogP contribution >= 0.6 is 11.3 Å². The summed E-state index contributed by atoms with van der Waals surface area (Å²) in [6.07, 6.45) is 1.24. The van der Waals surface area contributed by atoms with Crippen molar-refractivity contribution in [2.75, 3.05) is 16.8 Å². The number of fused-ring (bicyclic) bond motifs is 1. The van der Waals surface area contributed by atoms with Gasteiger partial charge in [0, 0.05) is 18.3 Å². The quantitative estimate of drug-likeness (QED) is 0.947. The summed E-state index contributed by atoms with van der Waals surface area (Å²) >= 11 is 1.59. The van der Waals surface area contributed by atoms with E-state index in [9.17, 15) is 9.59 Å². The van der Waals surface area contributed by atoms with Crippen LogP contribution in [-0.2, 0) is 22.4 Å². The molecule has 108 valence electrons. The zero-order chi connectivity index (χ0) is 14.8. The Morgan fingerprint density at radius 1 is 1.29 bits per heavy atom. The van der Waals surface area contributed by atoms with Gasteiger partial charge in [0.1, 0.15) is 0 Å². The second kappa shape index (κ2) is 5.69. The highest BCUT2D eigenvalue weighted by Gasteiger charge is 2.27. The van der Waals surface area contributed by atoms with Crippen LogP contribution in [0.2, 0.25) is 0 Å². The van der Waals surface area contributed by atoms with E-state index in [0.29, 0.717) is 13.0 Å². The van der Waals surface area contributed by atoms with Gasteiger partial charge < -0.3 is 10.2 Å². The molecule has 21 heavy (non-hydrogen) atoms. The van der Waals surface area contributed by atoms with Crippen LogP contribution in [0.5, 0.6) is 0 Å². The molecule has 1 aliphatic heterocycles. The van der Waals surface area contributed by atoms with Gasteiger partial charge in [0.05, 0.1) is 17.8 Å². The molecular weight excluding hydrogens is 284 g/mol. The molecule has 2 heterocycles. The summed E-state index contributed by atoms with van der Waals surface area (Å²) in [5.74, 6) is -0.0463. The highest BCUT2D eigenvalue weighted by molar-refractivity contribution is 7.10. The van der Waals surface area contributed by atoms with Crippen molar-refractivity contribution in [2.45, 2.75) is 19.8 Å². The number of amides is 2. The summed E-state index contributed by atoms with van der Waals surface area (Å²) in [5, 5.41) is 4.79. The van der Waals surface area contributed by atoms with Crippen LogP contribution in [0.3, 0.4) is 0 Å². The van der Waals surface area contributed by atoms with E-state index in [1.807, 2.05) is 35.7 Å². The Bertz CT molecular complexity index is 680. The molecule has 5 heteroatoms. The first kappa shape index (κ1) is 13.8. The summed E-state index contributed by atoms with van der Waals surface area (Å²) in [4.78, 5) is 26.7. The fourth-order valence-corrected chi connectivity index (χ4v) is 3.35. The van der Waals surface area contributed by atoms with Gasteiger partial charge in [0.2, 0.25) is 11.8 Å². The van der Waals surface area contributed by atoms with E-state index in [4.69, 9.17) is 0 Å². The van der Waals surface area contributed by atoms with Crippen LogP contribution in [-0.4, -0.2) is 18.4 Å². The first-order valence-electron chi connectivity index (χ1n) is 6.87. The highest BCUT2D eigenvalue weighted by atomic mass is 32.1. The van der Waals surface area contributed by atoms with Crippen molar-refractivity contribution in [1.82, 2.24) is 0 Å². The molecule has 1 aromatic heterocycles. The summed E-state index contributed by atoms with van der Waals surface area (Å²) in [6, 6.07) is 9.70. The average molecular weight is 300 g/mol. The first-order chi connectivity index (χ1) is 10.1. The number of carbonyl (C=O) groups excluding carboxylic acids is 2. The van der Waals surface area contributed by atoms with Gasteiger partial charge in [0.25, 0.3) is 0 Å². The Kier molecular flexibility index (Phi) is 3.75. The highest BCUT2D eigenvalue weighted by Crippen LogP contribution is 2.36. The summed E-state index contributed by atoms with van der Waals surface area (Å²) < 4.78 is 0. The maximum absolute atomic E-state index is 12.5. The fraction of sp³-hybridized carbons (Fsp3) is 0.250. The van der Waals surface area contributed by atoms with Gasteiger partial charge >= 0.3 is 0 Å². The molecule has 2 aromatic rings. The molecule has 2 amide bonds. The lowest BCUT2D eigenvalue weighted by Crippen LogP contribution is -2.30. The summed E-state index contributed by atoms with van der Waals surface area (Å²) in [6.45, 7) is 2.16. The Balaban J connectivity index is 1.88. The largest absolute Gasteiger partial charge is 0.325 e. The van der Waals surface area contributed by atoms with Crippen LogP contribution in [0.15, 0.2) is 35.7 Å². The van der Waals surface area contributed by atoms with Gasteiger partial charge in [-0.3, -0.25) is 9.59 Å². The Labute approximate surface area is 127 Å². The van der Waals surface area contributed by atoms with E-state index in [-0.39, 0.29) is 11.8 Å². The minimum atomic E-state index is -0.124. The monoisotopic (exact) mass is 300 g/mol. The second-order valence-corrected chi connectivity index (χ2v) is 6.08. The normalized spacial score (nSPS) is 13.1. The SMILES string of the molecule is CC(=O)Nc1cccc2c1N(C(=O)Cc1cccs1)CC2. The molecule has 0 saturated carbocycles. The van der Waals surface area contributed by atoms with Gasteiger partial charge in [0.15, 0.2) is 0 Å². The van der Waals surface area contributed by atoms with E-state index in [2.05, 4.69) is 5.32 Å². The van der Waals surface area contributed by atoms with Gasteiger partial charge in [-0.1, -0.05) is 18.2 Å². The number of anilines is 2. The molecule has 4 nitrogen and oxygen atoms in total. The predicted octanol–water partition coefficient (Wildman–Crippen LogP) is 2.84. The molecule has 0 bridgehead atoms. The molecule has 3 rings (SSSR count). The Hall–Kier alpha value is -2.14. The minimum absolute atomic E-state index is 0.0778. The van der Waals surface area contributed by atoms with Gasteiger partial charge in [-0.05, 0) is 29.5 Å². The molecule has 0 saturated heterocycles. The van der Waals surface area contributed by atoms with Crippen molar-refractivity contribution in [3.8, 4) is 0 Å². The summed E-state index contributed by atoms with van der Waals surface area (Å²) in [5.41, 5.74) is 2.69. The smallest absolute Gasteiger partial charge is 0.232 e. The molecule has 0 aliphatic carbocycles. The number of hydrogen-bond donors (Lipinski definition) is 1. The Morgan fingerprint density at radius 3 is 2.86 bits per heavy atom. The number of nitrogens with zero attached hydrogens (tertiary/aromatic N) is 1. The fourth-order valence-electron chi connectivity index (χ4n) is 2.65. The Morgan fingerprint density at radius 2 is 2.14 bits per heavy atom. The second-order valence-electron chi connectivity index (χ2n) is 5.05. The molecule has 1 aromatic carbocycles. The zero-order valence-electron chi connectivity index (χ0n) is 11.8. The standard InChI is InChI=1S/C16H16N2O2S/c1-11(19)17-14-6-2-4-12-7-8-18(16(12)14)15(20)10-13-5-3-9-21-13/h2-6,9H,7-8,10H2,1H3,(H,17,19). The van der Waals surface area contributed by atoms with Crippen LogP contribution in [0.1, 0.15) is 17.4 Å². The van der Waals surface area contributed by atoms with Gasteiger partial charge in [-0.25, -0.2) is 0 Å². The molecule has 1 aliphatic rings. The lowest BCUT2D eigenvalue weighted by Gasteiger charge is -2.20. The van der Waals surface area contributed by atoms with Crippen molar-refractivity contribution in [3.63, 3.8) is 0 Å². The third kappa shape index (κ3) is 2.83. The number of nitrogens with one attached hydrogen (secondary N) is 1. The lowest BCUT2D eigenvalue weighted by molar-refractivity contribution is -0.118. The molecule has 0 fully saturated rings. The molecular formula is C16H16N2O2S. The average Bonchev–Trinajstić information content (AvgIpc) is 3.07. The van der Waals surface area contributed by atoms with Crippen molar-refractivity contribution >= 4 is 34.5 Å². The molecule has 1 N–H and O–H groups in total. The number of benzene rings is 1. The number of thiophene rings is 1. The number of carbonyl (C=O) groups is 2. The van der Waals surface area contributed by atoms with E-state index in [1.165, 1.54) is 6.92 Å². The summed E-state index contributed by atoms with van der Waals surface area (Å²) in [7, 11) is 0. The van der Waals surface area contributed by atoms with Crippen LogP contribution in [0.25, 0.3) is 0 Å². The molecule has 0 atom stereocenters. The van der Waals surface area contributed by atoms with Crippen LogP contribution < -0.4 is 10.2 Å². The third-order valence-corrected chi connectivity index (χ3v) is 4.39. The molecule has 0 spiro atoms. The van der Waals surface area contributed by atoms with Crippen LogP contribution in [0, 0.1) is 0 Å². The first-order valence-corrected chi connectivity index (χ1v) is 7.75. The molecule has 0 unspecified atom stereocenters. The van der Waals surface area contributed by atoms with Crippen molar-refractivity contribution < 1.29 is 9.59 Å². The lowest BCUT2D eigenvalue weighted by atomic mass is 10.1. The van der Waals surface area contributed by atoms with Crippen molar-refractivity contribution in [1.29, 1.82) is 0 Å². The topological polar surface area (TPSA) is 49.4 Å². The third-order valence-electron chi connectivity index (χ3n) is 3.51. The van der Waals surface area contributed by atoms with E-state index < -0.39 is 0 Å². The van der Waals surface area contributed by atoms with E-state index in [1.54, 1.807) is 16.2 Å². The minimum Gasteiger partial charge on any atom is -0.325 e. The number of hydrogen-bond acceptors (Lipinski definition) is 3. The maximum Gasteiger partial charge on any atom is 0.232 e. The van der Waals surface area contributed by atoms with Crippen LogP contribution in [0.4, 0.5) is 11.4 Å². The molecule has 0 radical (unpaired) electrons. The van der Waals surface area contributed by atoms with E-state index in [0.717, 1.165) is 28.2 Å². The van der Waals surface area contributed by atoms with Gasteiger partial charge in [-0.2, -0.15) is 0 Å². The van der Waals surface area contributed by atoms with Crippen molar-refractivity contribution in [2.24, 2.45) is 0 Å². The number of rotatable bonds is 3. The predicted molar refractivity (Wildman–Crippen MR) is 84.8 cm³/mol. The van der Waals surface area contributed by atoms with E-state index >= 15 is 0 Å². The zero-order valence-corrected chi connectivity index (χ0v) is 12.6. The van der Waals surface area contributed by atoms with Gasteiger partial charge in [-0.15, -0.1) is 11.3 Å². The number of para-hydroxylation sites is 1.